The zero-order valence-electron chi connectivity index (χ0n) is 15.2. The molecule has 2 rings (SSSR count). The second-order valence-corrected chi connectivity index (χ2v) is 8.70. The predicted octanol–water partition coefficient (Wildman–Crippen LogP) is 2.05. The van der Waals surface area contributed by atoms with Crippen molar-refractivity contribution in [2.24, 2.45) is 5.92 Å². The minimum atomic E-state index is -2.65. The summed E-state index contributed by atoms with van der Waals surface area (Å²) in [6.45, 7) is 8.18. The SMILES string of the molecule is CCC(C)COc1ccc(CC(=O)O)cc1C.O=S1(=O)CCNCC1. The van der Waals surface area contributed by atoms with Crippen LogP contribution in [0.2, 0.25) is 0 Å². The summed E-state index contributed by atoms with van der Waals surface area (Å²) in [6, 6.07) is 5.54. The molecule has 0 amide bonds. The standard InChI is InChI=1S/C14H20O3.C4H9NO2S/c1-4-10(2)9-17-13-6-5-12(7-11(13)3)8-14(15)16;6-8(7)3-1-5-2-4-8/h5-7,10H,4,8-9H2,1-3H3,(H,15,16);5H,1-4H2. The van der Waals surface area contributed by atoms with E-state index in [0.29, 0.717) is 37.1 Å². The highest BCUT2D eigenvalue weighted by molar-refractivity contribution is 7.91. The Morgan fingerprint density at radius 3 is 2.40 bits per heavy atom. The number of carboxylic acid groups (broad SMARTS) is 1. The summed E-state index contributed by atoms with van der Waals surface area (Å²) in [7, 11) is -2.65. The van der Waals surface area contributed by atoms with Crippen molar-refractivity contribution in [1.82, 2.24) is 5.32 Å². The van der Waals surface area contributed by atoms with Gasteiger partial charge in [-0.2, -0.15) is 0 Å². The molecule has 142 valence electrons. The van der Waals surface area contributed by atoms with Crippen LogP contribution in [0.3, 0.4) is 0 Å². The van der Waals surface area contributed by atoms with Gasteiger partial charge in [-0.15, -0.1) is 0 Å². The molecule has 0 radical (unpaired) electrons. The Morgan fingerprint density at radius 1 is 1.32 bits per heavy atom. The molecule has 1 saturated heterocycles. The van der Waals surface area contributed by atoms with E-state index in [1.54, 1.807) is 0 Å². The normalized spacial score (nSPS) is 17.1. The van der Waals surface area contributed by atoms with Crippen molar-refractivity contribution in [3.63, 3.8) is 0 Å². The molecule has 1 aromatic rings. The van der Waals surface area contributed by atoms with Gasteiger partial charge in [0.15, 0.2) is 9.84 Å². The highest BCUT2D eigenvalue weighted by atomic mass is 32.2. The molecule has 0 aromatic heterocycles. The lowest BCUT2D eigenvalue weighted by Crippen LogP contribution is -2.35. The van der Waals surface area contributed by atoms with E-state index >= 15 is 0 Å². The summed E-state index contributed by atoms with van der Waals surface area (Å²) in [4.78, 5) is 10.6. The summed E-state index contributed by atoms with van der Waals surface area (Å²) < 4.78 is 26.9. The first kappa shape index (κ1) is 21.4. The van der Waals surface area contributed by atoms with E-state index in [-0.39, 0.29) is 6.42 Å². The van der Waals surface area contributed by atoms with Crippen molar-refractivity contribution in [3.8, 4) is 5.75 Å². The summed E-state index contributed by atoms with van der Waals surface area (Å²) >= 11 is 0. The molecule has 1 atom stereocenters. The second-order valence-electron chi connectivity index (χ2n) is 6.40. The van der Waals surface area contributed by atoms with Gasteiger partial charge in [0.1, 0.15) is 5.75 Å². The number of nitrogens with one attached hydrogen (secondary N) is 1. The molecule has 1 fully saturated rings. The van der Waals surface area contributed by atoms with Gasteiger partial charge in [0.2, 0.25) is 0 Å². The van der Waals surface area contributed by atoms with Gasteiger partial charge in [0.05, 0.1) is 24.5 Å². The molecule has 0 bridgehead atoms. The lowest BCUT2D eigenvalue weighted by molar-refractivity contribution is -0.136. The Labute approximate surface area is 150 Å². The minimum absolute atomic E-state index is 0.0620. The van der Waals surface area contributed by atoms with Crippen LogP contribution < -0.4 is 10.1 Å². The molecule has 1 aliphatic rings. The molecule has 6 nitrogen and oxygen atoms in total. The van der Waals surface area contributed by atoms with Crippen LogP contribution in [0.5, 0.6) is 5.75 Å². The van der Waals surface area contributed by atoms with Crippen LogP contribution in [-0.2, 0) is 21.1 Å². The van der Waals surface area contributed by atoms with Crippen molar-refractivity contribution in [1.29, 1.82) is 0 Å². The Hall–Kier alpha value is -1.60. The number of aryl methyl sites for hydroxylation is 1. The number of aliphatic carboxylic acids is 1. The minimum Gasteiger partial charge on any atom is -0.493 e. The maximum absolute atomic E-state index is 10.6. The second kappa shape index (κ2) is 10.4. The van der Waals surface area contributed by atoms with Crippen LogP contribution in [0.1, 0.15) is 31.4 Å². The van der Waals surface area contributed by atoms with Crippen molar-refractivity contribution < 1.29 is 23.1 Å². The highest BCUT2D eigenvalue weighted by Gasteiger charge is 2.13. The van der Waals surface area contributed by atoms with Gasteiger partial charge in [-0.1, -0.05) is 32.4 Å². The lowest BCUT2D eigenvalue weighted by Gasteiger charge is -2.13. The number of carboxylic acids is 1. The van der Waals surface area contributed by atoms with Crippen LogP contribution in [0.4, 0.5) is 0 Å². The quantitative estimate of drug-likeness (QED) is 0.795. The molecule has 2 N–H and O–H groups in total. The molecule has 0 aliphatic carbocycles. The van der Waals surface area contributed by atoms with E-state index in [0.717, 1.165) is 23.3 Å². The number of hydrogen-bond acceptors (Lipinski definition) is 5. The van der Waals surface area contributed by atoms with Gasteiger partial charge in [0.25, 0.3) is 0 Å². The largest absolute Gasteiger partial charge is 0.493 e. The molecular formula is C18H29NO5S. The van der Waals surface area contributed by atoms with Crippen molar-refractivity contribution >= 4 is 15.8 Å². The van der Waals surface area contributed by atoms with Crippen LogP contribution in [0.25, 0.3) is 0 Å². The zero-order valence-corrected chi connectivity index (χ0v) is 16.1. The fourth-order valence-corrected chi connectivity index (χ4v) is 3.31. The third-order valence-corrected chi connectivity index (χ3v) is 5.65. The maximum atomic E-state index is 10.6. The molecule has 7 heteroatoms. The Bertz CT molecular complexity index is 645. The summed E-state index contributed by atoms with van der Waals surface area (Å²) in [5.74, 6) is 1.20. The van der Waals surface area contributed by atoms with Gasteiger partial charge in [-0.3, -0.25) is 4.79 Å². The average Bonchev–Trinajstić information content (AvgIpc) is 2.53. The fraction of sp³-hybridized carbons (Fsp3) is 0.611. The average molecular weight is 371 g/mol. The van der Waals surface area contributed by atoms with Crippen molar-refractivity contribution in [3.05, 3.63) is 29.3 Å². The number of carbonyl (C=O) groups is 1. The molecule has 1 aliphatic heterocycles. The van der Waals surface area contributed by atoms with E-state index in [4.69, 9.17) is 9.84 Å². The zero-order chi connectivity index (χ0) is 18.9. The molecular weight excluding hydrogens is 342 g/mol. The topological polar surface area (TPSA) is 92.7 Å². The molecule has 0 saturated carbocycles. The predicted molar refractivity (Wildman–Crippen MR) is 99.0 cm³/mol. The van der Waals surface area contributed by atoms with E-state index in [1.807, 2.05) is 25.1 Å². The fourth-order valence-electron chi connectivity index (χ4n) is 2.19. The van der Waals surface area contributed by atoms with Gasteiger partial charge in [0, 0.05) is 13.1 Å². The smallest absolute Gasteiger partial charge is 0.307 e. The molecule has 1 heterocycles. The third-order valence-electron chi connectivity index (χ3n) is 3.99. The first-order valence-electron chi connectivity index (χ1n) is 8.58. The van der Waals surface area contributed by atoms with Crippen LogP contribution >= 0.6 is 0 Å². The van der Waals surface area contributed by atoms with Gasteiger partial charge in [-0.05, 0) is 30.0 Å². The number of hydrogen-bond donors (Lipinski definition) is 2. The Morgan fingerprint density at radius 2 is 1.96 bits per heavy atom. The van der Waals surface area contributed by atoms with Gasteiger partial charge in [-0.25, -0.2) is 8.42 Å². The molecule has 25 heavy (non-hydrogen) atoms. The van der Waals surface area contributed by atoms with E-state index in [9.17, 15) is 13.2 Å². The van der Waals surface area contributed by atoms with Gasteiger partial charge < -0.3 is 15.2 Å². The first-order valence-corrected chi connectivity index (χ1v) is 10.4. The van der Waals surface area contributed by atoms with Crippen LogP contribution in [0.15, 0.2) is 18.2 Å². The molecule has 0 spiro atoms. The maximum Gasteiger partial charge on any atom is 0.307 e. The number of rotatable bonds is 6. The monoisotopic (exact) mass is 371 g/mol. The number of sulfone groups is 1. The van der Waals surface area contributed by atoms with Crippen LogP contribution in [-0.4, -0.2) is 50.7 Å². The van der Waals surface area contributed by atoms with E-state index in [2.05, 4.69) is 19.2 Å². The number of ether oxygens (including phenoxy) is 1. The Balaban J connectivity index is 0.000000324. The van der Waals surface area contributed by atoms with Crippen molar-refractivity contribution in [2.75, 3.05) is 31.2 Å². The Kier molecular flexibility index (Phi) is 8.92. The molecule has 1 aromatic carbocycles. The van der Waals surface area contributed by atoms with Gasteiger partial charge >= 0.3 is 5.97 Å². The summed E-state index contributed by atoms with van der Waals surface area (Å²) in [5.41, 5.74) is 1.80. The first-order chi connectivity index (χ1) is 11.7. The summed E-state index contributed by atoms with van der Waals surface area (Å²) in [6.07, 6.45) is 1.16. The molecule has 1 unspecified atom stereocenters. The highest BCUT2D eigenvalue weighted by Crippen LogP contribution is 2.20. The summed E-state index contributed by atoms with van der Waals surface area (Å²) in [5, 5.41) is 11.7. The van der Waals surface area contributed by atoms with Crippen LogP contribution in [0, 0.1) is 12.8 Å². The van der Waals surface area contributed by atoms with E-state index in [1.165, 1.54) is 0 Å². The van der Waals surface area contributed by atoms with E-state index < -0.39 is 15.8 Å². The number of benzene rings is 1. The third kappa shape index (κ3) is 8.88. The van der Waals surface area contributed by atoms with Crippen molar-refractivity contribution in [2.45, 2.75) is 33.6 Å². The lowest BCUT2D eigenvalue weighted by atomic mass is 10.1.